The Morgan fingerprint density at radius 1 is 0.480 bits per heavy atom. The second-order valence-corrected chi connectivity index (χ2v) is 26.0. The van der Waals surface area contributed by atoms with Gasteiger partial charge in [0.2, 0.25) is 47.3 Å². The van der Waals surface area contributed by atoms with Crippen LogP contribution in [0.4, 0.5) is 0 Å². The van der Waals surface area contributed by atoms with Crippen LogP contribution in [0.1, 0.15) is 151 Å². The summed E-state index contributed by atoms with van der Waals surface area (Å²) in [6.07, 6.45) is 6.39. The van der Waals surface area contributed by atoms with Crippen molar-refractivity contribution in [3.05, 3.63) is 144 Å². The molecule has 522 valence electrons. The largest absolute Gasteiger partial charge is 0.356 e. The van der Waals surface area contributed by atoms with Crippen LogP contribution < -0.4 is 53.2 Å². The normalized spacial score (nSPS) is 21.5. The average molecular weight is 1340 g/mol. The number of hydrogen-bond acceptors (Lipinski definition) is 14. The maximum Gasteiger partial charge on any atom is 0.247 e. The van der Waals surface area contributed by atoms with Crippen molar-refractivity contribution < 1.29 is 47.9 Å². The van der Waals surface area contributed by atoms with Crippen LogP contribution >= 0.6 is 0 Å². The number of rotatable bonds is 34. The van der Waals surface area contributed by atoms with Crippen LogP contribution in [0, 0.1) is 35.5 Å². The van der Waals surface area contributed by atoms with Gasteiger partial charge in [-0.25, -0.2) is 0 Å². The monoisotopic (exact) mass is 1340 g/mol. The molecule has 4 aliphatic heterocycles. The van der Waals surface area contributed by atoms with Gasteiger partial charge in [-0.2, -0.15) is 0 Å². The number of benzene rings is 4. The average Bonchev–Trinajstić information content (AvgIpc) is 1.63. The molecule has 0 aliphatic carbocycles. The van der Waals surface area contributed by atoms with E-state index < -0.39 is 66.1 Å². The van der Waals surface area contributed by atoms with Gasteiger partial charge in [-0.15, -0.1) is 0 Å². The third-order valence-electron chi connectivity index (χ3n) is 19.3. The SMILES string of the molecule is CN[C@@H](C)C(=O)N[C@@H]1C(=O)N2[C@@H](CC[C@@H]1CNCc1ccccc1)CC[C@H]2C(=O)N[C@H](C(=O)CCCNC(=O)CCC#CC#CCCC(=O)CCCNC(=O)[C@@H](NC(=O)[C@@H]1CC[C@@H]2CC[C@H](CNCc3ccccc3)[C@H](NC(=O)[C@H](C)NC)C(=O)N21)c1ccccc1)c1ccccc1. The van der Waals surface area contributed by atoms with Gasteiger partial charge in [0.1, 0.15) is 42.0 Å². The first-order chi connectivity index (χ1) is 47.5. The summed E-state index contributed by atoms with van der Waals surface area (Å²) in [5.41, 5.74) is 3.34. The van der Waals surface area contributed by atoms with Crippen LogP contribution in [0.3, 0.4) is 0 Å². The summed E-state index contributed by atoms with van der Waals surface area (Å²) >= 11 is 0. The van der Waals surface area contributed by atoms with E-state index in [1.807, 2.05) is 72.8 Å². The highest BCUT2D eigenvalue weighted by atomic mass is 16.2. The van der Waals surface area contributed by atoms with Crippen LogP contribution in [-0.2, 0) is 61.0 Å². The molecule has 12 atom stereocenters. The van der Waals surface area contributed by atoms with E-state index >= 15 is 0 Å². The molecule has 4 aliphatic rings. The Bertz CT molecular complexity index is 3240. The third kappa shape index (κ3) is 21.7. The van der Waals surface area contributed by atoms with Gasteiger partial charge in [0.25, 0.3) is 0 Å². The number of ketones is 2. The fraction of sp³-hybridized carbons (Fsp3) is 0.500. The van der Waals surface area contributed by atoms with Crippen molar-refractivity contribution in [2.45, 2.75) is 190 Å². The van der Waals surface area contributed by atoms with E-state index in [0.29, 0.717) is 102 Å². The number of likely N-dealkylation sites (N-methyl/N-ethyl adjacent to an activating group) is 2. The fourth-order valence-electron chi connectivity index (χ4n) is 13.5. The maximum atomic E-state index is 14.7. The predicted molar refractivity (Wildman–Crippen MR) is 373 cm³/mol. The molecule has 8 rings (SSSR count). The zero-order valence-electron chi connectivity index (χ0n) is 57.0. The highest BCUT2D eigenvalue weighted by Gasteiger charge is 2.50. The van der Waals surface area contributed by atoms with Crippen LogP contribution in [-0.4, -0.2) is 157 Å². The molecule has 10 N–H and O–H groups in total. The molecular formula is C76H98N12O10. The van der Waals surface area contributed by atoms with Crippen LogP contribution in [0.5, 0.6) is 0 Å². The molecule has 22 nitrogen and oxygen atoms in total. The highest BCUT2D eigenvalue weighted by molar-refractivity contribution is 5.98. The first kappa shape index (κ1) is 74.7. The molecule has 98 heavy (non-hydrogen) atoms. The number of nitrogens with zero attached hydrogens (tertiary/aromatic N) is 2. The van der Waals surface area contributed by atoms with E-state index in [0.717, 1.165) is 11.1 Å². The van der Waals surface area contributed by atoms with Gasteiger partial charge in [-0.1, -0.05) is 133 Å². The smallest absolute Gasteiger partial charge is 0.247 e. The Morgan fingerprint density at radius 3 is 1.38 bits per heavy atom. The minimum absolute atomic E-state index is 0.0437. The number of fused-ring (bicyclic) bond motifs is 2. The lowest BCUT2D eigenvalue weighted by molar-refractivity contribution is -0.144. The lowest BCUT2D eigenvalue weighted by atomic mass is 9.92. The van der Waals surface area contributed by atoms with E-state index in [1.165, 1.54) is 0 Å². The lowest BCUT2D eigenvalue weighted by Gasteiger charge is -2.33. The second kappa shape index (κ2) is 38.8. The van der Waals surface area contributed by atoms with Crippen LogP contribution in [0.15, 0.2) is 121 Å². The Morgan fingerprint density at radius 2 is 0.898 bits per heavy atom. The molecule has 0 saturated carbocycles. The molecule has 4 aromatic rings. The molecule has 0 radical (unpaired) electrons. The van der Waals surface area contributed by atoms with E-state index in [2.05, 4.69) is 76.8 Å². The lowest BCUT2D eigenvalue weighted by Crippen LogP contribution is -2.59. The van der Waals surface area contributed by atoms with Gasteiger partial charge < -0.3 is 63.0 Å². The first-order valence-electron chi connectivity index (χ1n) is 34.9. The van der Waals surface area contributed by atoms with Crippen LogP contribution in [0.2, 0.25) is 0 Å². The number of hydrogen-bond donors (Lipinski definition) is 10. The van der Waals surface area contributed by atoms with Gasteiger partial charge in [-0.05, 0) is 126 Å². The number of nitrogens with one attached hydrogen (secondary N) is 10. The topological polar surface area (TPSA) is 297 Å². The number of carbonyl (C=O) groups excluding carboxylic acids is 10. The molecule has 4 fully saturated rings. The van der Waals surface area contributed by atoms with Gasteiger partial charge in [0, 0.05) is 102 Å². The highest BCUT2D eigenvalue weighted by Crippen LogP contribution is 2.36. The number of carbonyl (C=O) groups is 10. The zero-order chi connectivity index (χ0) is 69.8. The molecule has 0 unspecified atom stereocenters. The van der Waals surface area contributed by atoms with Gasteiger partial charge in [0.05, 0.1) is 12.1 Å². The maximum absolute atomic E-state index is 14.7. The third-order valence-corrected chi connectivity index (χ3v) is 19.3. The van der Waals surface area contributed by atoms with Gasteiger partial charge in [-0.3, -0.25) is 47.9 Å². The van der Waals surface area contributed by atoms with Crippen molar-refractivity contribution >= 4 is 58.8 Å². The molecule has 0 bridgehead atoms. The second-order valence-electron chi connectivity index (χ2n) is 26.0. The summed E-state index contributed by atoms with van der Waals surface area (Å²) in [5.74, 6) is 7.63. The summed E-state index contributed by atoms with van der Waals surface area (Å²) in [6.45, 7) is 5.99. The quantitative estimate of drug-likeness (QED) is 0.0228. The minimum Gasteiger partial charge on any atom is -0.356 e. The summed E-state index contributed by atoms with van der Waals surface area (Å²) in [4.78, 5) is 141. The zero-order valence-corrected chi connectivity index (χ0v) is 57.0. The Labute approximate surface area is 576 Å². The molecule has 22 heteroatoms. The van der Waals surface area contributed by atoms with Crippen molar-refractivity contribution in [3.8, 4) is 23.7 Å². The summed E-state index contributed by atoms with van der Waals surface area (Å²) in [5, 5.41) is 30.6. The minimum atomic E-state index is -1.08. The van der Waals surface area contributed by atoms with Crippen molar-refractivity contribution in [1.82, 2.24) is 63.0 Å². The van der Waals surface area contributed by atoms with E-state index in [4.69, 9.17) is 0 Å². The van der Waals surface area contributed by atoms with Crippen molar-refractivity contribution in [3.63, 3.8) is 0 Å². The van der Waals surface area contributed by atoms with Gasteiger partial charge in [0.15, 0.2) is 5.78 Å². The molecule has 4 heterocycles. The van der Waals surface area contributed by atoms with Crippen molar-refractivity contribution in [1.29, 1.82) is 0 Å². The first-order valence-corrected chi connectivity index (χ1v) is 34.9. The molecule has 8 amide bonds. The fourth-order valence-corrected chi connectivity index (χ4v) is 13.5. The molecule has 0 aromatic heterocycles. The Kier molecular flexibility index (Phi) is 29.6. The van der Waals surface area contributed by atoms with Crippen molar-refractivity contribution in [2.75, 3.05) is 40.3 Å². The van der Waals surface area contributed by atoms with E-state index in [9.17, 15) is 47.9 Å². The summed E-state index contributed by atoms with van der Waals surface area (Å²) in [6, 6.07) is 30.7. The van der Waals surface area contributed by atoms with E-state index in [-0.39, 0.29) is 117 Å². The van der Waals surface area contributed by atoms with E-state index in [1.54, 1.807) is 86.3 Å². The predicted octanol–water partition coefficient (Wildman–Crippen LogP) is 4.50. The number of Topliss-reactive ketones (excluding diaryl/α,β-unsaturated/α-hetero) is 2. The summed E-state index contributed by atoms with van der Waals surface area (Å²) in [7, 11) is 3.36. The Hall–Kier alpha value is -9.06. The van der Waals surface area contributed by atoms with Crippen LogP contribution in [0.25, 0.3) is 0 Å². The number of amides is 8. The molecule has 4 aromatic carbocycles. The van der Waals surface area contributed by atoms with Crippen molar-refractivity contribution in [2.24, 2.45) is 11.8 Å². The van der Waals surface area contributed by atoms with Gasteiger partial charge >= 0.3 is 0 Å². The summed E-state index contributed by atoms with van der Waals surface area (Å²) < 4.78 is 0. The molecule has 4 saturated heterocycles. The standard InChI is InChI=1S/C76H98N12O10/c1-51(77-3)70(92)85-68-57(49-79-47-53-25-13-9-14-26-53)37-39-59-41-43-62(87(59)75(68)97)72(94)83-66(55-29-17-11-18-30-55)64(90)35-24-45-81-65(91)36-22-8-6-5-7-21-33-61(89)34-23-46-82-74(96)67(56-31-19-12-20-32-56)84-73(95)63-44-42-60-40-38-58(50-80-48-54-27-15-10-16-28-54)69(76(98)88(60)63)86-71(93)52(2)78-4/h9-20,25-32,51-52,57-60,62-63,66-69,77-80H,21-24,33-50H2,1-4H3,(H,81,91)(H,82,96)(H,83,94)(H,84,95)(H,85,92)(H,86,93)/t51-,52-,57+,58+,59-,60-,62-,63-,66-,67-,68-,69-/m0/s1. The Balaban J connectivity index is 0.738. The molecular weight excluding hydrogens is 1240 g/mol. The molecule has 0 spiro atoms.